The van der Waals surface area contributed by atoms with E-state index in [9.17, 15) is 4.79 Å². The van der Waals surface area contributed by atoms with Crippen molar-refractivity contribution in [1.29, 1.82) is 0 Å². The highest BCUT2D eigenvalue weighted by molar-refractivity contribution is 5.82. The van der Waals surface area contributed by atoms with E-state index in [2.05, 4.69) is 50.2 Å². The SMILES string of the molecule is COCCNC(=O)[C@@H]1C[C@@H](NCCC2=C(C)CCCC2(C)C)CN1C(C)C. The molecule has 0 saturated carbocycles. The average molecular weight is 380 g/mol. The second-order valence-corrected chi connectivity index (χ2v) is 9.22. The van der Waals surface area contributed by atoms with E-state index in [4.69, 9.17) is 4.74 Å². The van der Waals surface area contributed by atoms with Crippen molar-refractivity contribution in [3.8, 4) is 0 Å². The minimum Gasteiger partial charge on any atom is -0.383 e. The molecule has 1 saturated heterocycles. The first-order valence-electron chi connectivity index (χ1n) is 10.7. The van der Waals surface area contributed by atoms with Gasteiger partial charge in [0, 0.05) is 32.3 Å². The molecule has 0 unspecified atom stereocenters. The minimum atomic E-state index is -0.0357. The number of hydrogen-bond donors (Lipinski definition) is 2. The number of nitrogens with one attached hydrogen (secondary N) is 2. The van der Waals surface area contributed by atoms with Gasteiger partial charge in [-0.25, -0.2) is 0 Å². The van der Waals surface area contributed by atoms with Crippen molar-refractivity contribution in [3.63, 3.8) is 0 Å². The van der Waals surface area contributed by atoms with Gasteiger partial charge in [0.15, 0.2) is 0 Å². The number of methoxy groups -OCH3 is 1. The third kappa shape index (κ3) is 6.03. The highest BCUT2D eigenvalue weighted by Crippen LogP contribution is 2.41. The molecule has 1 amide bonds. The molecular weight excluding hydrogens is 338 g/mol. The van der Waals surface area contributed by atoms with Gasteiger partial charge in [-0.15, -0.1) is 0 Å². The molecule has 2 rings (SSSR count). The van der Waals surface area contributed by atoms with Gasteiger partial charge in [0.05, 0.1) is 12.6 Å². The maximum absolute atomic E-state index is 12.6. The van der Waals surface area contributed by atoms with Crippen LogP contribution in [-0.2, 0) is 9.53 Å². The normalized spacial score (nSPS) is 26.0. The van der Waals surface area contributed by atoms with Gasteiger partial charge >= 0.3 is 0 Å². The zero-order valence-electron chi connectivity index (χ0n) is 18.4. The van der Waals surface area contributed by atoms with Crippen molar-refractivity contribution in [2.75, 3.05) is 33.4 Å². The molecule has 0 spiro atoms. The van der Waals surface area contributed by atoms with Crippen LogP contribution in [0.2, 0.25) is 0 Å². The Balaban J connectivity index is 1.87. The Labute approximate surface area is 166 Å². The summed E-state index contributed by atoms with van der Waals surface area (Å²) < 4.78 is 5.04. The average Bonchev–Trinajstić information content (AvgIpc) is 3.02. The molecule has 0 aromatic rings. The van der Waals surface area contributed by atoms with Gasteiger partial charge in [-0.2, -0.15) is 0 Å². The maximum atomic E-state index is 12.6. The second kappa shape index (κ2) is 10.0. The number of nitrogens with zero attached hydrogens (tertiary/aromatic N) is 1. The van der Waals surface area contributed by atoms with Crippen LogP contribution in [0.15, 0.2) is 11.1 Å². The Morgan fingerprint density at radius 1 is 1.33 bits per heavy atom. The molecule has 1 aliphatic heterocycles. The lowest BCUT2D eigenvalue weighted by molar-refractivity contribution is -0.126. The third-order valence-corrected chi connectivity index (χ3v) is 6.40. The number of carbonyl (C=O) groups is 1. The molecular formula is C22H41N3O2. The number of ether oxygens (including phenoxy) is 1. The highest BCUT2D eigenvalue weighted by Gasteiger charge is 2.37. The van der Waals surface area contributed by atoms with E-state index in [0.29, 0.717) is 30.7 Å². The number of hydrogen-bond acceptors (Lipinski definition) is 4. The van der Waals surface area contributed by atoms with Crippen molar-refractivity contribution in [2.45, 2.75) is 84.8 Å². The van der Waals surface area contributed by atoms with Crippen LogP contribution in [0.1, 0.15) is 66.7 Å². The topological polar surface area (TPSA) is 53.6 Å². The van der Waals surface area contributed by atoms with E-state index >= 15 is 0 Å². The molecule has 0 aromatic heterocycles. The maximum Gasteiger partial charge on any atom is 0.237 e. The first kappa shape index (κ1) is 22.4. The van der Waals surface area contributed by atoms with E-state index in [1.165, 1.54) is 19.3 Å². The number of likely N-dealkylation sites (tertiary alicyclic amines) is 1. The lowest BCUT2D eigenvalue weighted by Crippen LogP contribution is -2.46. The monoisotopic (exact) mass is 379 g/mol. The Morgan fingerprint density at radius 3 is 2.70 bits per heavy atom. The van der Waals surface area contributed by atoms with Crippen LogP contribution in [0.25, 0.3) is 0 Å². The molecule has 0 radical (unpaired) electrons. The molecule has 27 heavy (non-hydrogen) atoms. The summed E-state index contributed by atoms with van der Waals surface area (Å²) in [5, 5.41) is 6.76. The predicted molar refractivity (Wildman–Crippen MR) is 112 cm³/mol. The quantitative estimate of drug-likeness (QED) is 0.477. The molecule has 1 heterocycles. The van der Waals surface area contributed by atoms with Gasteiger partial charge in [0.1, 0.15) is 0 Å². The molecule has 156 valence electrons. The smallest absolute Gasteiger partial charge is 0.237 e. The lowest BCUT2D eigenvalue weighted by Gasteiger charge is -2.35. The van der Waals surface area contributed by atoms with E-state index in [0.717, 1.165) is 25.9 Å². The van der Waals surface area contributed by atoms with Crippen LogP contribution in [0.5, 0.6) is 0 Å². The summed E-state index contributed by atoms with van der Waals surface area (Å²) in [6.07, 6.45) is 5.89. The largest absolute Gasteiger partial charge is 0.383 e. The third-order valence-electron chi connectivity index (χ3n) is 6.40. The molecule has 0 aromatic carbocycles. The summed E-state index contributed by atoms with van der Waals surface area (Å²) in [5.74, 6) is 0.136. The Bertz CT molecular complexity index is 528. The van der Waals surface area contributed by atoms with Crippen LogP contribution in [0, 0.1) is 5.41 Å². The number of rotatable bonds is 9. The Hall–Kier alpha value is -0.910. The number of amides is 1. The predicted octanol–water partition coefficient (Wildman–Crippen LogP) is 3.11. The van der Waals surface area contributed by atoms with Gasteiger partial charge in [0.2, 0.25) is 5.91 Å². The van der Waals surface area contributed by atoms with Gasteiger partial charge in [-0.05, 0) is 64.8 Å². The zero-order chi connectivity index (χ0) is 20.0. The van der Waals surface area contributed by atoms with E-state index in [1.807, 2.05) is 0 Å². The van der Waals surface area contributed by atoms with Crippen molar-refractivity contribution in [2.24, 2.45) is 5.41 Å². The Kier molecular flexibility index (Phi) is 8.32. The van der Waals surface area contributed by atoms with Crippen molar-refractivity contribution >= 4 is 5.91 Å². The van der Waals surface area contributed by atoms with Gasteiger partial charge < -0.3 is 15.4 Å². The molecule has 0 bridgehead atoms. The number of allylic oxidation sites excluding steroid dienone is 1. The summed E-state index contributed by atoms with van der Waals surface area (Å²) in [4.78, 5) is 14.9. The first-order valence-corrected chi connectivity index (χ1v) is 10.7. The molecule has 1 fully saturated rings. The van der Waals surface area contributed by atoms with Gasteiger partial charge in [-0.3, -0.25) is 9.69 Å². The zero-order valence-corrected chi connectivity index (χ0v) is 18.4. The van der Waals surface area contributed by atoms with Crippen LogP contribution >= 0.6 is 0 Å². The van der Waals surface area contributed by atoms with Crippen molar-refractivity contribution in [3.05, 3.63) is 11.1 Å². The molecule has 1 aliphatic carbocycles. The lowest BCUT2D eigenvalue weighted by atomic mass is 9.71. The fourth-order valence-electron chi connectivity index (χ4n) is 4.86. The minimum absolute atomic E-state index is 0.0357. The molecule has 2 aliphatic rings. The summed E-state index contributed by atoms with van der Waals surface area (Å²) in [5.41, 5.74) is 3.58. The highest BCUT2D eigenvalue weighted by atomic mass is 16.5. The molecule has 5 heteroatoms. The van der Waals surface area contributed by atoms with Crippen LogP contribution in [0.4, 0.5) is 0 Å². The van der Waals surface area contributed by atoms with Crippen molar-refractivity contribution in [1.82, 2.24) is 15.5 Å². The fourth-order valence-corrected chi connectivity index (χ4v) is 4.86. The Morgan fingerprint density at radius 2 is 2.07 bits per heavy atom. The summed E-state index contributed by atoms with van der Waals surface area (Å²) >= 11 is 0. The van der Waals surface area contributed by atoms with Gasteiger partial charge in [0.25, 0.3) is 0 Å². The van der Waals surface area contributed by atoms with Gasteiger partial charge in [-0.1, -0.05) is 25.0 Å². The summed E-state index contributed by atoms with van der Waals surface area (Å²) in [6.45, 7) is 14.5. The van der Waals surface area contributed by atoms with Crippen LogP contribution in [-0.4, -0.2) is 62.3 Å². The number of carbonyl (C=O) groups excluding carboxylic acids is 1. The van der Waals surface area contributed by atoms with E-state index in [-0.39, 0.29) is 11.9 Å². The molecule has 2 N–H and O–H groups in total. The van der Waals surface area contributed by atoms with Crippen molar-refractivity contribution < 1.29 is 9.53 Å². The standard InChI is InChI=1S/C22H41N3O2/c1-16(2)25-15-18(14-20(25)21(26)24-12-13-27-6)23-11-9-19-17(3)8-7-10-22(19,4)5/h16,18,20,23H,7-15H2,1-6H3,(H,24,26)/t18-,20+/m1/s1. The first-order chi connectivity index (χ1) is 12.8. The van der Waals surface area contributed by atoms with E-state index < -0.39 is 0 Å². The summed E-state index contributed by atoms with van der Waals surface area (Å²) in [7, 11) is 1.66. The fraction of sp³-hybridized carbons (Fsp3) is 0.864. The van der Waals surface area contributed by atoms with Crippen LogP contribution < -0.4 is 10.6 Å². The molecule has 2 atom stereocenters. The molecule has 5 nitrogen and oxygen atoms in total. The summed E-state index contributed by atoms with van der Waals surface area (Å²) in [6, 6.07) is 0.724. The second-order valence-electron chi connectivity index (χ2n) is 9.22. The van der Waals surface area contributed by atoms with Crippen LogP contribution in [0.3, 0.4) is 0 Å². The van der Waals surface area contributed by atoms with E-state index in [1.54, 1.807) is 18.3 Å².